The van der Waals surface area contributed by atoms with Gasteiger partial charge in [-0.3, -0.25) is 9.69 Å². The number of nitrogens with zero attached hydrogens (tertiary/aromatic N) is 2. The fraction of sp³-hybridized carbons (Fsp3) is 0.261. The number of aromatic nitrogens is 1. The number of carbonyl (C=O) groups is 2. The summed E-state index contributed by atoms with van der Waals surface area (Å²) in [5.74, 6) is -1.35. The Kier molecular flexibility index (Phi) is 6.95. The molecule has 0 radical (unpaired) electrons. The van der Waals surface area contributed by atoms with Crippen LogP contribution in [0.25, 0.3) is 0 Å². The van der Waals surface area contributed by atoms with Crippen molar-refractivity contribution in [1.29, 1.82) is 0 Å². The van der Waals surface area contributed by atoms with Gasteiger partial charge >= 0.3 is 5.97 Å². The zero-order valence-electron chi connectivity index (χ0n) is 17.1. The third-order valence-corrected chi connectivity index (χ3v) is 5.62. The summed E-state index contributed by atoms with van der Waals surface area (Å²) >= 11 is 1.24. The molecule has 3 rings (SSSR count). The molecule has 156 valence electrons. The SMILES string of the molecule is CCOC(=O)c1nc(N(CCc2ccccc2)C(=O)c2cc(F)ccc2C)sc1C. The summed E-state index contributed by atoms with van der Waals surface area (Å²) in [5.41, 5.74) is 2.20. The number of hydrogen-bond acceptors (Lipinski definition) is 5. The van der Waals surface area contributed by atoms with E-state index in [-0.39, 0.29) is 23.8 Å². The van der Waals surface area contributed by atoms with Crippen LogP contribution < -0.4 is 4.90 Å². The van der Waals surface area contributed by atoms with Gasteiger partial charge in [0, 0.05) is 17.0 Å². The highest BCUT2D eigenvalue weighted by atomic mass is 32.1. The summed E-state index contributed by atoms with van der Waals surface area (Å²) in [6.07, 6.45) is 0.592. The van der Waals surface area contributed by atoms with Gasteiger partial charge in [-0.2, -0.15) is 0 Å². The lowest BCUT2D eigenvalue weighted by atomic mass is 10.1. The number of hydrogen-bond donors (Lipinski definition) is 0. The van der Waals surface area contributed by atoms with E-state index in [1.807, 2.05) is 30.3 Å². The number of aryl methyl sites for hydroxylation is 2. The number of benzene rings is 2. The van der Waals surface area contributed by atoms with E-state index in [4.69, 9.17) is 4.74 Å². The Bertz CT molecular complexity index is 1050. The van der Waals surface area contributed by atoms with E-state index in [0.29, 0.717) is 28.5 Å². The Hall–Kier alpha value is -3.06. The molecular weight excluding hydrogens is 403 g/mol. The maximum absolute atomic E-state index is 13.8. The van der Waals surface area contributed by atoms with Gasteiger partial charge in [-0.25, -0.2) is 14.2 Å². The molecule has 0 fully saturated rings. The Morgan fingerprint density at radius 1 is 1.13 bits per heavy atom. The van der Waals surface area contributed by atoms with Gasteiger partial charge in [0.25, 0.3) is 5.91 Å². The van der Waals surface area contributed by atoms with Crippen LogP contribution >= 0.6 is 11.3 Å². The molecule has 30 heavy (non-hydrogen) atoms. The number of rotatable bonds is 7. The molecule has 0 aliphatic heterocycles. The van der Waals surface area contributed by atoms with Crippen LogP contribution in [0.15, 0.2) is 48.5 Å². The topological polar surface area (TPSA) is 59.5 Å². The zero-order chi connectivity index (χ0) is 21.7. The predicted molar refractivity (Wildman–Crippen MR) is 116 cm³/mol. The number of anilines is 1. The summed E-state index contributed by atoms with van der Waals surface area (Å²) in [4.78, 5) is 32.1. The average Bonchev–Trinajstić information content (AvgIpc) is 3.12. The Balaban J connectivity index is 1.97. The lowest BCUT2D eigenvalue weighted by Crippen LogP contribution is -2.33. The minimum absolute atomic E-state index is 0.199. The van der Waals surface area contributed by atoms with Crippen LogP contribution in [0.5, 0.6) is 0 Å². The number of thiazole rings is 1. The predicted octanol–water partition coefficient (Wildman–Crippen LogP) is 4.97. The van der Waals surface area contributed by atoms with E-state index < -0.39 is 11.8 Å². The number of ether oxygens (including phenoxy) is 1. The van der Waals surface area contributed by atoms with Crippen molar-refractivity contribution in [2.45, 2.75) is 27.2 Å². The third-order valence-electron chi connectivity index (χ3n) is 4.63. The molecule has 3 aromatic rings. The van der Waals surface area contributed by atoms with Crippen molar-refractivity contribution in [3.05, 3.63) is 81.6 Å². The number of halogens is 1. The molecule has 0 aliphatic carbocycles. The van der Waals surface area contributed by atoms with Crippen molar-refractivity contribution in [3.8, 4) is 0 Å². The summed E-state index contributed by atoms with van der Waals surface area (Å²) < 4.78 is 18.9. The fourth-order valence-electron chi connectivity index (χ4n) is 3.03. The molecular formula is C23H23FN2O3S. The molecule has 0 bridgehead atoms. The highest BCUT2D eigenvalue weighted by Gasteiger charge is 2.26. The molecule has 0 atom stereocenters. The number of esters is 1. The van der Waals surface area contributed by atoms with Crippen molar-refractivity contribution in [2.24, 2.45) is 0 Å². The molecule has 0 N–H and O–H groups in total. The largest absolute Gasteiger partial charge is 0.461 e. The average molecular weight is 427 g/mol. The molecule has 0 saturated heterocycles. The monoisotopic (exact) mass is 426 g/mol. The lowest BCUT2D eigenvalue weighted by Gasteiger charge is -2.21. The minimum atomic E-state index is -0.519. The molecule has 0 saturated carbocycles. The molecule has 0 spiro atoms. The van der Waals surface area contributed by atoms with Gasteiger partial charge in [0.2, 0.25) is 0 Å². The first-order valence-electron chi connectivity index (χ1n) is 9.67. The second kappa shape index (κ2) is 9.63. The molecule has 1 aromatic heterocycles. The number of carbonyl (C=O) groups excluding carboxylic acids is 2. The molecule has 0 aliphatic rings. The van der Waals surface area contributed by atoms with E-state index in [2.05, 4.69) is 4.98 Å². The molecule has 1 amide bonds. The standard InChI is InChI=1S/C23H23FN2O3S/c1-4-29-22(28)20-16(3)30-23(25-20)26(13-12-17-8-6-5-7-9-17)21(27)19-14-18(24)11-10-15(19)2/h5-11,14H,4,12-13H2,1-3H3. The van der Waals surface area contributed by atoms with Gasteiger partial charge in [-0.1, -0.05) is 36.4 Å². The first kappa shape index (κ1) is 21.6. The van der Waals surface area contributed by atoms with Gasteiger partial charge in [0.1, 0.15) is 5.82 Å². The van der Waals surface area contributed by atoms with E-state index in [1.54, 1.807) is 26.8 Å². The summed E-state index contributed by atoms with van der Waals surface area (Å²) in [6.45, 7) is 5.83. The Morgan fingerprint density at radius 3 is 2.57 bits per heavy atom. The summed E-state index contributed by atoms with van der Waals surface area (Å²) in [6, 6.07) is 13.9. The quantitative estimate of drug-likeness (QED) is 0.501. The Labute approximate surface area is 179 Å². The first-order chi connectivity index (χ1) is 14.4. The van der Waals surface area contributed by atoms with Crippen LogP contribution in [-0.2, 0) is 11.2 Å². The van der Waals surface area contributed by atoms with Crippen molar-refractivity contribution in [1.82, 2.24) is 4.98 Å². The molecule has 0 unspecified atom stereocenters. The zero-order valence-corrected chi connectivity index (χ0v) is 18.0. The van der Waals surface area contributed by atoms with Gasteiger partial charge in [-0.15, -0.1) is 11.3 Å². The molecule has 2 aromatic carbocycles. The summed E-state index contributed by atoms with van der Waals surface area (Å²) in [5, 5.41) is 0.389. The third kappa shape index (κ3) is 4.91. The van der Waals surface area contributed by atoms with Crippen molar-refractivity contribution < 1.29 is 18.7 Å². The van der Waals surface area contributed by atoms with Gasteiger partial charge in [0.15, 0.2) is 10.8 Å². The fourth-order valence-corrected chi connectivity index (χ4v) is 3.95. The van der Waals surface area contributed by atoms with Crippen molar-refractivity contribution >= 4 is 28.3 Å². The van der Waals surface area contributed by atoms with Crippen LogP contribution in [0.2, 0.25) is 0 Å². The van der Waals surface area contributed by atoms with E-state index in [1.165, 1.54) is 28.4 Å². The van der Waals surface area contributed by atoms with E-state index >= 15 is 0 Å². The minimum Gasteiger partial charge on any atom is -0.461 e. The van der Waals surface area contributed by atoms with Crippen LogP contribution in [0.1, 0.15) is 43.8 Å². The second-order valence-corrected chi connectivity index (χ2v) is 7.95. The first-order valence-corrected chi connectivity index (χ1v) is 10.5. The highest BCUT2D eigenvalue weighted by molar-refractivity contribution is 7.16. The van der Waals surface area contributed by atoms with Crippen molar-refractivity contribution in [3.63, 3.8) is 0 Å². The molecule has 1 heterocycles. The van der Waals surface area contributed by atoms with Gasteiger partial charge in [-0.05, 0) is 50.5 Å². The van der Waals surface area contributed by atoms with Crippen molar-refractivity contribution in [2.75, 3.05) is 18.1 Å². The van der Waals surface area contributed by atoms with Gasteiger partial charge in [0.05, 0.1) is 6.61 Å². The maximum Gasteiger partial charge on any atom is 0.358 e. The highest BCUT2D eigenvalue weighted by Crippen LogP contribution is 2.28. The van der Waals surface area contributed by atoms with E-state index in [0.717, 1.165) is 5.56 Å². The van der Waals surface area contributed by atoms with Crippen LogP contribution in [0.4, 0.5) is 9.52 Å². The maximum atomic E-state index is 13.8. The van der Waals surface area contributed by atoms with Crippen LogP contribution in [-0.4, -0.2) is 30.0 Å². The smallest absolute Gasteiger partial charge is 0.358 e. The normalized spacial score (nSPS) is 10.7. The Morgan fingerprint density at radius 2 is 1.87 bits per heavy atom. The second-order valence-electron chi connectivity index (χ2n) is 6.77. The molecule has 5 nitrogen and oxygen atoms in total. The van der Waals surface area contributed by atoms with Crippen LogP contribution in [0.3, 0.4) is 0 Å². The summed E-state index contributed by atoms with van der Waals surface area (Å²) in [7, 11) is 0. The van der Waals surface area contributed by atoms with Gasteiger partial charge < -0.3 is 4.74 Å². The van der Waals surface area contributed by atoms with Crippen LogP contribution in [0, 0.1) is 19.7 Å². The lowest BCUT2D eigenvalue weighted by molar-refractivity contribution is 0.0519. The molecule has 7 heteroatoms. The van der Waals surface area contributed by atoms with E-state index in [9.17, 15) is 14.0 Å². The number of amides is 1.